The molecule has 5 rings (SSSR count). The maximum absolute atomic E-state index is 13.7. The van der Waals surface area contributed by atoms with Gasteiger partial charge in [-0.25, -0.2) is 0 Å². The zero-order chi connectivity index (χ0) is 25.4. The molecule has 2 aliphatic rings. The van der Waals surface area contributed by atoms with E-state index in [0.717, 1.165) is 11.3 Å². The SMILES string of the molecule is COc1ccc(CNC(=O)CN2C(=O)c3ccccc3N3C(=O)c4c(ccc(OC)c4OC)[C@@H]23)cc1. The highest BCUT2D eigenvalue weighted by Crippen LogP contribution is 2.49. The maximum atomic E-state index is 13.7. The summed E-state index contributed by atoms with van der Waals surface area (Å²) in [5.41, 5.74) is 2.62. The smallest absolute Gasteiger partial charge is 0.264 e. The molecule has 1 N–H and O–H groups in total. The monoisotopic (exact) mass is 487 g/mol. The number of carbonyl (C=O) groups excluding carboxylic acids is 3. The third-order valence-electron chi connectivity index (χ3n) is 6.45. The van der Waals surface area contributed by atoms with Crippen LogP contribution in [0, 0.1) is 0 Å². The Morgan fingerprint density at radius 1 is 0.889 bits per heavy atom. The number of anilines is 1. The fraction of sp³-hybridized carbons (Fsp3) is 0.222. The van der Waals surface area contributed by atoms with Crippen LogP contribution in [-0.4, -0.2) is 50.5 Å². The number of rotatable bonds is 7. The number of methoxy groups -OCH3 is 3. The summed E-state index contributed by atoms with van der Waals surface area (Å²) in [6, 6.07) is 17.7. The summed E-state index contributed by atoms with van der Waals surface area (Å²) in [5, 5.41) is 2.86. The topological polar surface area (TPSA) is 97.4 Å². The summed E-state index contributed by atoms with van der Waals surface area (Å²) in [5.74, 6) is 0.423. The maximum Gasteiger partial charge on any atom is 0.264 e. The highest BCUT2D eigenvalue weighted by Gasteiger charge is 2.50. The zero-order valence-corrected chi connectivity index (χ0v) is 20.1. The van der Waals surface area contributed by atoms with Crippen LogP contribution in [-0.2, 0) is 11.3 Å². The molecule has 36 heavy (non-hydrogen) atoms. The van der Waals surface area contributed by atoms with E-state index in [0.29, 0.717) is 33.9 Å². The lowest BCUT2D eigenvalue weighted by atomic mass is 10.0. The molecule has 3 aromatic carbocycles. The van der Waals surface area contributed by atoms with Crippen molar-refractivity contribution in [3.8, 4) is 17.2 Å². The van der Waals surface area contributed by atoms with E-state index in [9.17, 15) is 14.4 Å². The molecule has 0 aromatic heterocycles. The van der Waals surface area contributed by atoms with Gasteiger partial charge in [-0.2, -0.15) is 0 Å². The van der Waals surface area contributed by atoms with Crippen LogP contribution in [0.2, 0.25) is 0 Å². The number of amides is 3. The first-order valence-corrected chi connectivity index (χ1v) is 11.4. The van der Waals surface area contributed by atoms with Crippen molar-refractivity contribution in [3.63, 3.8) is 0 Å². The van der Waals surface area contributed by atoms with Crippen LogP contribution < -0.4 is 24.4 Å². The van der Waals surface area contributed by atoms with Crippen LogP contribution in [0.1, 0.15) is 38.0 Å². The molecule has 0 radical (unpaired) electrons. The lowest BCUT2D eigenvalue weighted by Gasteiger charge is -2.40. The molecule has 3 amide bonds. The Morgan fingerprint density at radius 3 is 2.33 bits per heavy atom. The van der Waals surface area contributed by atoms with E-state index >= 15 is 0 Å². The number of benzene rings is 3. The lowest BCUT2D eigenvalue weighted by Crippen LogP contribution is -2.51. The average molecular weight is 488 g/mol. The van der Waals surface area contributed by atoms with Gasteiger partial charge in [0.15, 0.2) is 11.5 Å². The van der Waals surface area contributed by atoms with Crippen molar-refractivity contribution in [1.82, 2.24) is 10.2 Å². The van der Waals surface area contributed by atoms with Gasteiger partial charge in [0.2, 0.25) is 5.91 Å². The standard InChI is InChI=1S/C27H25N3O6/c1-34-17-10-8-16(9-11-17)14-28-22(31)15-29-25-19-12-13-21(35-2)24(36-3)23(19)27(33)30(25)20-7-5-4-6-18(20)26(29)32/h4-13,25H,14-15H2,1-3H3,(H,28,31)/t25-/m0/s1. The molecule has 0 unspecified atom stereocenters. The minimum atomic E-state index is -0.790. The molecule has 0 bridgehead atoms. The molecule has 9 nitrogen and oxygen atoms in total. The lowest BCUT2D eigenvalue weighted by molar-refractivity contribution is -0.122. The summed E-state index contributed by atoms with van der Waals surface area (Å²) < 4.78 is 16.1. The normalized spacial score (nSPS) is 15.7. The summed E-state index contributed by atoms with van der Waals surface area (Å²) in [7, 11) is 4.55. The van der Waals surface area contributed by atoms with Gasteiger partial charge in [-0.3, -0.25) is 19.3 Å². The fourth-order valence-corrected chi connectivity index (χ4v) is 4.74. The molecule has 184 valence electrons. The predicted molar refractivity (Wildman–Crippen MR) is 131 cm³/mol. The number of fused-ring (bicyclic) bond motifs is 5. The zero-order valence-electron chi connectivity index (χ0n) is 20.1. The van der Waals surface area contributed by atoms with Gasteiger partial charge in [0.1, 0.15) is 18.5 Å². The number of hydrogen-bond acceptors (Lipinski definition) is 6. The van der Waals surface area contributed by atoms with Crippen LogP contribution in [0.4, 0.5) is 5.69 Å². The Labute approximate surface area is 208 Å². The number of para-hydroxylation sites is 1. The highest BCUT2D eigenvalue weighted by molar-refractivity contribution is 6.18. The largest absolute Gasteiger partial charge is 0.497 e. The van der Waals surface area contributed by atoms with E-state index in [1.165, 1.54) is 19.1 Å². The summed E-state index contributed by atoms with van der Waals surface area (Å²) in [4.78, 5) is 43.2. The quantitative estimate of drug-likeness (QED) is 0.550. The molecule has 3 aromatic rings. The van der Waals surface area contributed by atoms with Gasteiger partial charge < -0.3 is 24.4 Å². The molecule has 0 saturated heterocycles. The first-order valence-electron chi connectivity index (χ1n) is 11.4. The van der Waals surface area contributed by atoms with Crippen LogP contribution >= 0.6 is 0 Å². The van der Waals surface area contributed by atoms with Crippen molar-refractivity contribution in [2.75, 3.05) is 32.8 Å². The van der Waals surface area contributed by atoms with Gasteiger partial charge >= 0.3 is 0 Å². The Morgan fingerprint density at radius 2 is 1.64 bits per heavy atom. The van der Waals surface area contributed by atoms with Crippen molar-refractivity contribution < 1.29 is 28.6 Å². The van der Waals surface area contributed by atoms with Crippen LogP contribution in [0.15, 0.2) is 60.7 Å². The summed E-state index contributed by atoms with van der Waals surface area (Å²) >= 11 is 0. The minimum absolute atomic E-state index is 0.231. The Hall–Kier alpha value is -4.53. The summed E-state index contributed by atoms with van der Waals surface area (Å²) in [6.45, 7) is 0.0575. The fourth-order valence-electron chi connectivity index (χ4n) is 4.74. The van der Waals surface area contributed by atoms with Crippen molar-refractivity contribution in [2.24, 2.45) is 0 Å². The van der Waals surface area contributed by atoms with Gasteiger partial charge in [0, 0.05) is 12.1 Å². The van der Waals surface area contributed by atoms with Crippen LogP contribution in [0.5, 0.6) is 17.2 Å². The number of nitrogens with zero attached hydrogens (tertiary/aromatic N) is 2. The van der Waals surface area contributed by atoms with Gasteiger partial charge in [-0.1, -0.05) is 30.3 Å². The molecule has 0 fully saturated rings. The second-order valence-electron chi connectivity index (χ2n) is 8.39. The van der Waals surface area contributed by atoms with Crippen LogP contribution in [0.25, 0.3) is 0 Å². The minimum Gasteiger partial charge on any atom is -0.497 e. The van der Waals surface area contributed by atoms with Crippen molar-refractivity contribution in [2.45, 2.75) is 12.7 Å². The average Bonchev–Trinajstić information content (AvgIpc) is 3.21. The molecule has 2 heterocycles. The van der Waals surface area contributed by atoms with Crippen LogP contribution in [0.3, 0.4) is 0 Å². The Balaban J connectivity index is 1.48. The molecule has 0 saturated carbocycles. The molecule has 2 aliphatic heterocycles. The molecular weight excluding hydrogens is 462 g/mol. The summed E-state index contributed by atoms with van der Waals surface area (Å²) in [6.07, 6.45) is -0.790. The second-order valence-corrected chi connectivity index (χ2v) is 8.39. The highest BCUT2D eigenvalue weighted by atomic mass is 16.5. The van der Waals surface area contributed by atoms with Gasteiger partial charge in [0.05, 0.1) is 38.1 Å². The molecule has 9 heteroatoms. The number of carbonyl (C=O) groups is 3. The molecule has 0 aliphatic carbocycles. The predicted octanol–water partition coefficient (Wildman–Crippen LogP) is 3.14. The third-order valence-corrected chi connectivity index (χ3v) is 6.45. The first-order chi connectivity index (χ1) is 17.5. The molecule has 1 atom stereocenters. The third kappa shape index (κ3) is 3.69. The van der Waals surface area contributed by atoms with E-state index in [4.69, 9.17) is 14.2 Å². The second kappa shape index (κ2) is 9.26. The van der Waals surface area contributed by atoms with E-state index in [1.807, 2.05) is 24.3 Å². The van der Waals surface area contributed by atoms with E-state index in [2.05, 4.69) is 5.32 Å². The number of ether oxygens (including phenoxy) is 3. The van der Waals surface area contributed by atoms with E-state index < -0.39 is 6.17 Å². The Bertz CT molecular complexity index is 1350. The molecular formula is C27H25N3O6. The van der Waals surface area contributed by atoms with Crippen molar-refractivity contribution in [1.29, 1.82) is 0 Å². The number of nitrogens with one attached hydrogen (secondary N) is 1. The van der Waals surface area contributed by atoms with E-state index in [-0.39, 0.29) is 30.8 Å². The van der Waals surface area contributed by atoms with Crippen molar-refractivity contribution in [3.05, 3.63) is 82.9 Å². The van der Waals surface area contributed by atoms with Gasteiger partial charge in [0.25, 0.3) is 11.8 Å². The number of hydrogen-bond donors (Lipinski definition) is 1. The first kappa shape index (κ1) is 23.2. The van der Waals surface area contributed by atoms with Crippen molar-refractivity contribution >= 4 is 23.4 Å². The van der Waals surface area contributed by atoms with Gasteiger partial charge in [-0.05, 0) is 35.9 Å². The molecule has 0 spiro atoms. The Kier molecular flexibility index (Phi) is 5.97. The van der Waals surface area contributed by atoms with Gasteiger partial charge in [-0.15, -0.1) is 0 Å². The van der Waals surface area contributed by atoms with E-state index in [1.54, 1.807) is 48.4 Å².